The van der Waals surface area contributed by atoms with Crippen molar-refractivity contribution >= 4 is 12.0 Å². The summed E-state index contributed by atoms with van der Waals surface area (Å²) >= 11 is 0. The predicted molar refractivity (Wildman–Crippen MR) is 77.1 cm³/mol. The zero-order valence-electron chi connectivity index (χ0n) is 12.0. The summed E-state index contributed by atoms with van der Waals surface area (Å²) in [4.78, 5) is 22.9. The fraction of sp³-hybridized carbons (Fsp3) is 0.733. The second-order valence-corrected chi connectivity index (χ2v) is 5.35. The van der Waals surface area contributed by atoms with Crippen molar-refractivity contribution in [2.45, 2.75) is 51.5 Å². The third-order valence-electron chi connectivity index (χ3n) is 3.83. The smallest absolute Gasteiger partial charge is 0.315 e. The number of carbonyl (C=O) groups is 2. The first-order chi connectivity index (χ1) is 9.58. The lowest BCUT2D eigenvalue weighted by Gasteiger charge is -2.28. The molecule has 20 heavy (non-hydrogen) atoms. The van der Waals surface area contributed by atoms with E-state index in [-0.39, 0.29) is 23.9 Å². The molecule has 5 heteroatoms. The van der Waals surface area contributed by atoms with E-state index < -0.39 is 5.97 Å². The van der Waals surface area contributed by atoms with Gasteiger partial charge in [-0.25, -0.2) is 4.79 Å². The fourth-order valence-electron chi connectivity index (χ4n) is 2.70. The molecule has 0 bridgehead atoms. The molecule has 1 aliphatic carbocycles. The van der Waals surface area contributed by atoms with Gasteiger partial charge in [-0.05, 0) is 25.2 Å². The molecule has 0 aromatic heterocycles. The van der Waals surface area contributed by atoms with Crippen LogP contribution in [0.25, 0.3) is 0 Å². The average Bonchev–Trinajstić information content (AvgIpc) is 2.44. The molecule has 5 nitrogen and oxygen atoms in total. The number of aliphatic carboxylic acids is 1. The highest BCUT2D eigenvalue weighted by molar-refractivity contribution is 5.75. The summed E-state index contributed by atoms with van der Waals surface area (Å²) in [5.41, 5.74) is 0. The normalized spacial score (nSPS) is 23.4. The number of carboxylic acid groups (broad SMARTS) is 1. The largest absolute Gasteiger partial charge is 0.481 e. The Morgan fingerprint density at radius 2 is 2.10 bits per heavy atom. The molecule has 0 aromatic rings. The van der Waals surface area contributed by atoms with E-state index >= 15 is 0 Å². The van der Waals surface area contributed by atoms with Crippen molar-refractivity contribution in [3.05, 3.63) is 0 Å². The molecule has 0 aromatic carbocycles. The lowest BCUT2D eigenvalue weighted by molar-refractivity contribution is -0.144. The molecule has 0 saturated heterocycles. The van der Waals surface area contributed by atoms with Crippen LogP contribution in [0, 0.1) is 24.2 Å². The van der Waals surface area contributed by atoms with Gasteiger partial charge in [-0.1, -0.05) is 32.1 Å². The van der Waals surface area contributed by atoms with Crippen LogP contribution < -0.4 is 10.6 Å². The highest BCUT2D eigenvalue weighted by Gasteiger charge is 2.30. The molecule has 3 N–H and O–H groups in total. The number of urea groups is 1. The van der Waals surface area contributed by atoms with Gasteiger partial charge < -0.3 is 15.7 Å². The van der Waals surface area contributed by atoms with E-state index in [0.717, 1.165) is 32.1 Å². The van der Waals surface area contributed by atoms with Crippen LogP contribution in [0.3, 0.4) is 0 Å². The maximum absolute atomic E-state index is 11.7. The van der Waals surface area contributed by atoms with Crippen molar-refractivity contribution in [3.63, 3.8) is 0 Å². The standard InChI is InChI=1S/C15H24N2O3/c1-3-7-12(4-2)17-15(20)16-10-11-8-5-6-9-13(11)14(18)19/h2,11-13H,3,5-10H2,1H3,(H,18,19)(H2,16,17,20). The number of hydrogen-bond donors (Lipinski definition) is 3. The number of hydrogen-bond acceptors (Lipinski definition) is 2. The van der Waals surface area contributed by atoms with Gasteiger partial charge in [0.2, 0.25) is 0 Å². The molecule has 0 spiro atoms. The van der Waals surface area contributed by atoms with Gasteiger partial charge in [0.15, 0.2) is 0 Å². The monoisotopic (exact) mass is 280 g/mol. The van der Waals surface area contributed by atoms with Gasteiger partial charge in [0.05, 0.1) is 12.0 Å². The maximum Gasteiger partial charge on any atom is 0.315 e. The molecule has 3 atom stereocenters. The van der Waals surface area contributed by atoms with Crippen molar-refractivity contribution in [3.8, 4) is 12.3 Å². The highest BCUT2D eigenvalue weighted by atomic mass is 16.4. The molecule has 112 valence electrons. The average molecular weight is 280 g/mol. The Balaban J connectivity index is 2.39. The van der Waals surface area contributed by atoms with Gasteiger partial charge in [0.25, 0.3) is 0 Å². The Kier molecular flexibility index (Phi) is 6.92. The molecule has 0 aliphatic heterocycles. The van der Waals surface area contributed by atoms with Gasteiger partial charge in [0, 0.05) is 6.54 Å². The summed E-state index contributed by atoms with van der Waals surface area (Å²) < 4.78 is 0. The molecule has 0 radical (unpaired) electrons. The predicted octanol–water partition coefficient (Wildman–Crippen LogP) is 1.98. The Bertz CT molecular complexity index is 376. The summed E-state index contributed by atoms with van der Waals surface area (Å²) in [5.74, 6) is 1.44. The first-order valence-electron chi connectivity index (χ1n) is 7.31. The van der Waals surface area contributed by atoms with Crippen LogP contribution in [0.4, 0.5) is 4.79 Å². The Morgan fingerprint density at radius 1 is 1.40 bits per heavy atom. The first-order valence-corrected chi connectivity index (χ1v) is 7.31. The molecular weight excluding hydrogens is 256 g/mol. The Morgan fingerprint density at radius 3 is 2.70 bits per heavy atom. The maximum atomic E-state index is 11.7. The summed E-state index contributed by atoms with van der Waals surface area (Å²) in [7, 11) is 0. The second kappa shape index (κ2) is 8.47. The topological polar surface area (TPSA) is 78.4 Å². The van der Waals surface area contributed by atoms with Crippen LogP contribution in [0.1, 0.15) is 45.4 Å². The van der Waals surface area contributed by atoms with Crippen LogP contribution >= 0.6 is 0 Å². The van der Waals surface area contributed by atoms with E-state index in [1.165, 1.54) is 0 Å². The minimum Gasteiger partial charge on any atom is -0.481 e. The lowest BCUT2D eigenvalue weighted by atomic mass is 9.79. The van der Waals surface area contributed by atoms with E-state index in [0.29, 0.717) is 13.0 Å². The zero-order valence-corrected chi connectivity index (χ0v) is 12.0. The third kappa shape index (κ3) is 5.12. The summed E-state index contributed by atoms with van der Waals surface area (Å²) in [6.07, 6.45) is 10.5. The third-order valence-corrected chi connectivity index (χ3v) is 3.83. The molecule has 1 saturated carbocycles. The molecule has 1 rings (SSSR count). The quantitative estimate of drug-likeness (QED) is 0.651. The molecule has 1 fully saturated rings. The van der Waals surface area contributed by atoms with E-state index in [1.54, 1.807) is 0 Å². The van der Waals surface area contributed by atoms with E-state index in [1.807, 2.05) is 6.92 Å². The van der Waals surface area contributed by atoms with E-state index in [4.69, 9.17) is 6.42 Å². The number of amides is 2. The van der Waals surface area contributed by atoms with Crippen LogP contribution in [-0.4, -0.2) is 29.7 Å². The van der Waals surface area contributed by atoms with Crippen molar-refractivity contribution in [2.75, 3.05) is 6.54 Å². The SMILES string of the molecule is C#CC(CCC)NC(=O)NCC1CCCCC1C(=O)O. The Labute approximate surface area is 120 Å². The van der Waals surface area contributed by atoms with Crippen LogP contribution in [0.15, 0.2) is 0 Å². The van der Waals surface area contributed by atoms with E-state index in [2.05, 4.69) is 16.6 Å². The van der Waals surface area contributed by atoms with Crippen molar-refractivity contribution in [2.24, 2.45) is 11.8 Å². The lowest BCUT2D eigenvalue weighted by Crippen LogP contribution is -2.45. The fourth-order valence-corrected chi connectivity index (χ4v) is 2.70. The molecular formula is C15H24N2O3. The van der Waals surface area contributed by atoms with Gasteiger partial charge >= 0.3 is 12.0 Å². The van der Waals surface area contributed by atoms with Gasteiger partial charge in [0.1, 0.15) is 0 Å². The Hall–Kier alpha value is -1.70. The minimum atomic E-state index is -0.760. The summed E-state index contributed by atoms with van der Waals surface area (Å²) in [5, 5.41) is 14.6. The van der Waals surface area contributed by atoms with Gasteiger partial charge in [-0.15, -0.1) is 6.42 Å². The van der Waals surface area contributed by atoms with Crippen molar-refractivity contribution < 1.29 is 14.7 Å². The first kappa shape index (κ1) is 16.4. The molecule has 3 unspecified atom stereocenters. The van der Waals surface area contributed by atoms with Crippen molar-refractivity contribution in [1.82, 2.24) is 10.6 Å². The van der Waals surface area contributed by atoms with Gasteiger partial charge in [-0.2, -0.15) is 0 Å². The molecule has 0 heterocycles. The summed E-state index contributed by atoms with van der Waals surface area (Å²) in [6, 6.07) is -0.572. The van der Waals surface area contributed by atoms with Crippen LogP contribution in [0.5, 0.6) is 0 Å². The molecule has 2 amide bonds. The van der Waals surface area contributed by atoms with Crippen LogP contribution in [0.2, 0.25) is 0 Å². The summed E-state index contributed by atoms with van der Waals surface area (Å²) in [6.45, 7) is 2.40. The van der Waals surface area contributed by atoms with E-state index in [9.17, 15) is 14.7 Å². The second-order valence-electron chi connectivity index (χ2n) is 5.35. The number of nitrogens with one attached hydrogen (secondary N) is 2. The number of carbonyl (C=O) groups excluding carboxylic acids is 1. The number of carboxylic acids is 1. The van der Waals surface area contributed by atoms with Crippen LogP contribution in [-0.2, 0) is 4.79 Å². The highest BCUT2D eigenvalue weighted by Crippen LogP contribution is 2.29. The number of rotatable bonds is 6. The van der Waals surface area contributed by atoms with Gasteiger partial charge in [-0.3, -0.25) is 4.79 Å². The van der Waals surface area contributed by atoms with Crippen molar-refractivity contribution in [1.29, 1.82) is 0 Å². The zero-order chi connectivity index (χ0) is 15.0. The minimum absolute atomic E-state index is 0.0162. The number of terminal acetylenes is 1. The molecule has 1 aliphatic rings.